The first-order chi connectivity index (χ1) is 18.0. The molecule has 1 aromatic carbocycles. The van der Waals surface area contributed by atoms with E-state index in [9.17, 15) is 19.5 Å². The van der Waals surface area contributed by atoms with Crippen LogP contribution in [-0.2, 0) is 25.5 Å². The lowest BCUT2D eigenvalue weighted by atomic mass is 9.71. The molecule has 10 nitrogen and oxygen atoms in total. The van der Waals surface area contributed by atoms with E-state index in [0.717, 1.165) is 16.7 Å². The number of phenols is 1. The van der Waals surface area contributed by atoms with E-state index in [1.54, 1.807) is 21.0 Å². The highest BCUT2D eigenvalue weighted by Gasteiger charge is 2.54. The summed E-state index contributed by atoms with van der Waals surface area (Å²) in [6.45, 7) is 5.89. The number of likely N-dealkylation sites (N-methyl/N-ethyl adjacent to an activating group) is 1. The molecule has 0 unspecified atom stereocenters. The number of amides is 1. The molecule has 0 radical (unpaired) electrons. The maximum atomic E-state index is 13.7. The molecule has 1 fully saturated rings. The molecule has 3 aliphatic heterocycles. The Kier molecular flexibility index (Phi) is 6.61. The number of allylic oxidation sites excluding steroid dienone is 2. The Morgan fingerprint density at radius 2 is 1.92 bits per heavy atom. The van der Waals surface area contributed by atoms with Crippen molar-refractivity contribution in [1.29, 1.82) is 0 Å². The number of nitrogens with one attached hydrogen (secondary N) is 1. The Hall–Kier alpha value is -3.21. The van der Waals surface area contributed by atoms with Crippen molar-refractivity contribution in [3.63, 3.8) is 0 Å². The Morgan fingerprint density at radius 1 is 1.21 bits per heavy atom. The van der Waals surface area contributed by atoms with Gasteiger partial charge in [0, 0.05) is 47.5 Å². The van der Waals surface area contributed by atoms with Gasteiger partial charge in [-0.05, 0) is 51.8 Å². The number of piperazine rings is 1. The van der Waals surface area contributed by atoms with Crippen LogP contribution in [0.2, 0.25) is 0 Å². The lowest BCUT2D eigenvalue weighted by molar-refractivity contribution is -0.124. The number of hydrogen-bond acceptors (Lipinski definition) is 9. The van der Waals surface area contributed by atoms with E-state index in [1.165, 1.54) is 7.11 Å². The fourth-order valence-electron chi connectivity index (χ4n) is 6.89. The number of benzene rings is 1. The van der Waals surface area contributed by atoms with Crippen LogP contribution in [0.5, 0.6) is 11.5 Å². The Balaban J connectivity index is 1.65. The molecule has 38 heavy (non-hydrogen) atoms. The van der Waals surface area contributed by atoms with Gasteiger partial charge in [-0.1, -0.05) is 6.07 Å². The molecule has 0 saturated carbocycles. The zero-order valence-corrected chi connectivity index (χ0v) is 22.8. The number of aryl methyl sites for hydroxylation is 1. The van der Waals surface area contributed by atoms with Crippen molar-refractivity contribution in [3.8, 4) is 11.5 Å². The summed E-state index contributed by atoms with van der Waals surface area (Å²) in [6.07, 6.45) is 1.05. The Bertz CT molecular complexity index is 1300. The molecule has 1 aromatic rings. The Morgan fingerprint density at radius 3 is 2.55 bits per heavy atom. The van der Waals surface area contributed by atoms with Crippen LogP contribution in [0.4, 0.5) is 0 Å². The van der Waals surface area contributed by atoms with Crippen molar-refractivity contribution in [2.24, 2.45) is 5.73 Å². The molecule has 1 amide bonds. The first-order valence-electron chi connectivity index (χ1n) is 13.0. The number of rotatable bonds is 5. The molecule has 0 spiro atoms. The van der Waals surface area contributed by atoms with E-state index < -0.39 is 12.1 Å². The lowest BCUT2D eigenvalue weighted by Gasteiger charge is -2.58. The van der Waals surface area contributed by atoms with Gasteiger partial charge in [-0.25, -0.2) is 0 Å². The second-order valence-electron chi connectivity index (χ2n) is 10.8. The summed E-state index contributed by atoms with van der Waals surface area (Å²) in [5, 5.41) is 14.3. The van der Waals surface area contributed by atoms with Gasteiger partial charge in [0.15, 0.2) is 23.0 Å². The number of methoxy groups -OCH3 is 2. The topological polar surface area (TPSA) is 134 Å². The largest absolute Gasteiger partial charge is 0.504 e. The zero-order chi connectivity index (χ0) is 27.6. The Labute approximate surface area is 222 Å². The number of ether oxygens (including phenoxy) is 2. The van der Waals surface area contributed by atoms with Gasteiger partial charge in [0.1, 0.15) is 0 Å². The van der Waals surface area contributed by atoms with E-state index in [-0.39, 0.29) is 59.2 Å². The number of fused-ring (bicyclic) bond motifs is 6. The van der Waals surface area contributed by atoms with Crippen molar-refractivity contribution in [1.82, 2.24) is 15.1 Å². The second kappa shape index (κ2) is 9.52. The van der Waals surface area contributed by atoms with Gasteiger partial charge in [-0.2, -0.15) is 0 Å². The number of phenolic OH excluding ortho intramolecular Hbond substituents is 1. The number of carbonyl (C=O) groups is 3. The standard InChI is InChI=1S/C28H36N4O6/c1-12-7-15-8-16-11-32-18(22(31(16)4)20(15)24(34)26(12)37-5)9-17-21(19(32)10-30-28(36)14(3)29)25(35)27(38-6)13(2)23(17)33/h7,14,16,18-19,22,34H,8-11,29H2,1-6H3,(H,30,36)/t14-,16-,18+,19+,22+/m1/s1. The fourth-order valence-corrected chi connectivity index (χ4v) is 6.89. The van der Waals surface area contributed by atoms with Crippen LogP contribution in [-0.4, -0.2) is 90.9 Å². The zero-order valence-electron chi connectivity index (χ0n) is 22.8. The minimum Gasteiger partial charge on any atom is -0.504 e. The summed E-state index contributed by atoms with van der Waals surface area (Å²) in [4.78, 5) is 44.2. The van der Waals surface area contributed by atoms with E-state index in [4.69, 9.17) is 15.2 Å². The third kappa shape index (κ3) is 3.77. The number of aromatic hydroxyl groups is 1. The highest BCUT2D eigenvalue weighted by atomic mass is 16.5. The van der Waals surface area contributed by atoms with Crippen molar-refractivity contribution in [2.45, 2.75) is 63.8 Å². The molecule has 3 heterocycles. The van der Waals surface area contributed by atoms with Gasteiger partial charge >= 0.3 is 0 Å². The normalized spacial score (nSPS) is 28.0. The molecule has 1 saturated heterocycles. The highest BCUT2D eigenvalue weighted by Crippen LogP contribution is 2.52. The predicted octanol–water partition coefficient (Wildman–Crippen LogP) is 0.896. The lowest BCUT2D eigenvalue weighted by Crippen LogP contribution is -2.67. The summed E-state index contributed by atoms with van der Waals surface area (Å²) in [7, 11) is 4.98. The van der Waals surface area contributed by atoms with Crippen LogP contribution < -0.4 is 15.8 Å². The highest BCUT2D eigenvalue weighted by molar-refractivity contribution is 6.25. The first kappa shape index (κ1) is 26.4. The molecule has 0 aromatic heterocycles. The summed E-state index contributed by atoms with van der Waals surface area (Å²) in [6, 6.07) is 0.461. The number of nitrogens with zero attached hydrogens (tertiary/aromatic N) is 2. The number of Topliss-reactive ketones (excluding diaryl/α,β-unsaturated/α-hetero) is 2. The van der Waals surface area contributed by atoms with Gasteiger partial charge in [-0.15, -0.1) is 0 Å². The molecular weight excluding hydrogens is 488 g/mol. The van der Waals surface area contributed by atoms with Gasteiger partial charge in [-0.3, -0.25) is 24.2 Å². The van der Waals surface area contributed by atoms with Crippen LogP contribution >= 0.6 is 0 Å². The number of hydrogen-bond donors (Lipinski definition) is 3. The predicted molar refractivity (Wildman–Crippen MR) is 140 cm³/mol. The van der Waals surface area contributed by atoms with Crippen molar-refractivity contribution < 1.29 is 29.0 Å². The monoisotopic (exact) mass is 524 g/mol. The number of ketones is 2. The first-order valence-corrected chi connectivity index (χ1v) is 13.0. The van der Waals surface area contributed by atoms with Gasteiger partial charge in [0.2, 0.25) is 11.7 Å². The van der Waals surface area contributed by atoms with E-state index >= 15 is 0 Å². The minimum atomic E-state index is -0.713. The molecule has 10 heteroatoms. The molecular formula is C28H36N4O6. The molecule has 4 aliphatic rings. The number of carbonyl (C=O) groups excluding carboxylic acids is 3. The second-order valence-corrected chi connectivity index (χ2v) is 10.8. The van der Waals surface area contributed by atoms with Gasteiger partial charge < -0.3 is 25.6 Å². The smallest absolute Gasteiger partial charge is 0.236 e. The summed E-state index contributed by atoms with van der Waals surface area (Å²) >= 11 is 0. The van der Waals surface area contributed by atoms with Crippen LogP contribution in [0, 0.1) is 6.92 Å². The third-order valence-electron chi connectivity index (χ3n) is 8.71. The molecule has 2 bridgehead atoms. The average Bonchev–Trinajstić information content (AvgIpc) is 2.86. The van der Waals surface area contributed by atoms with Gasteiger partial charge in [0.05, 0.1) is 32.3 Å². The average molecular weight is 525 g/mol. The molecule has 5 atom stereocenters. The fraction of sp³-hybridized carbons (Fsp3) is 0.536. The number of nitrogens with two attached hydrogens (primary N) is 1. The minimum absolute atomic E-state index is 0.0493. The molecule has 5 rings (SSSR count). The summed E-state index contributed by atoms with van der Waals surface area (Å²) < 4.78 is 10.9. The van der Waals surface area contributed by atoms with Crippen molar-refractivity contribution in [3.05, 3.63) is 45.2 Å². The van der Waals surface area contributed by atoms with Crippen molar-refractivity contribution in [2.75, 3.05) is 34.4 Å². The van der Waals surface area contributed by atoms with Crippen molar-refractivity contribution >= 4 is 17.5 Å². The molecule has 4 N–H and O–H groups in total. The molecule has 1 aliphatic carbocycles. The van der Waals surface area contributed by atoms with E-state index in [2.05, 4.69) is 21.2 Å². The SMILES string of the molecule is COC1=C(C)C(=O)C2=C(C1=O)[C@H](CNC(=O)[C@@H](C)N)N1C[C@H]3Cc4cc(C)c(OC)c(O)c4[C@H]([C@@H]1C2)N3C. The van der Waals surface area contributed by atoms with Crippen LogP contribution in [0.1, 0.15) is 43.0 Å². The third-order valence-corrected chi connectivity index (χ3v) is 8.71. The van der Waals surface area contributed by atoms with Crippen LogP contribution in [0.25, 0.3) is 0 Å². The molecule has 204 valence electrons. The van der Waals surface area contributed by atoms with E-state index in [0.29, 0.717) is 36.3 Å². The maximum absolute atomic E-state index is 13.7. The summed E-state index contributed by atoms with van der Waals surface area (Å²) in [5.41, 5.74) is 9.65. The van der Waals surface area contributed by atoms with E-state index in [1.807, 2.05) is 14.0 Å². The maximum Gasteiger partial charge on any atom is 0.236 e. The van der Waals surface area contributed by atoms with Crippen LogP contribution in [0.3, 0.4) is 0 Å². The summed E-state index contributed by atoms with van der Waals surface area (Å²) in [5.74, 6) is -0.260. The van der Waals surface area contributed by atoms with Crippen LogP contribution in [0.15, 0.2) is 28.5 Å². The van der Waals surface area contributed by atoms with Gasteiger partial charge in [0.25, 0.3) is 0 Å². The quantitative estimate of drug-likeness (QED) is 0.480.